The second-order valence-electron chi connectivity index (χ2n) is 4.75. The fourth-order valence-electron chi connectivity index (χ4n) is 2.20. The van der Waals surface area contributed by atoms with Gasteiger partial charge in [0.25, 0.3) is 5.56 Å². The number of aryl methyl sites for hydroxylation is 2. The summed E-state index contributed by atoms with van der Waals surface area (Å²) in [6.45, 7) is 5.41. The highest BCUT2D eigenvalue weighted by molar-refractivity contribution is 7.09. The predicted octanol–water partition coefficient (Wildman–Crippen LogP) is 0.267. The van der Waals surface area contributed by atoms with Crippen molar-refractivity contribution in [3.8, 4) is 0 Å². The molecule has 106 valence electrons. The van der Waals surface area contributed by atoms with Gasteiger partial charge in [0.05, 0.1) is 0 Å². The first kappa shape index (κ1) is 13.0. The van der Waals surface area contributed by atoms with Crippen molar-refractivity contribution in [2.75, 3.05) is 36.0 Å². The topological polar surface area (TPSA) is 67.2 Å². The SMILES string of the molecule is Cc1nsc(N2CCN(c3ccc(=O)n(C)n3)CC2)n1. The first-order valence-corrected chi connectivity index (χ1v) is 7.25. The van der Waals surface area contributed by atoms with E-state index in [1.165, 1.54) is 16.2 Å². The van der Waals surface area contributed by atoms with Crippen molar-refractivity contribution in [1.29, 1.82) is 0 Å². The van der Waals surface area contributed by atoms with E-state index in [9.17, 15) is 4.79 Å². The molecular formula is C12H16N6OS. The van der Waals surface area contributed by atoms with Gasteiger partial charge in [-0.15, -0.1) is 0 Å². The Hall–Kier alpha value is -1.96. The zero-order valence-electron chi connectivity index (χ0n) is 11.5. The minimum atomic E-state index is -0.0864. The molecule has 0 aromatic carbocycles. The van der Waals surface area contributed by atoms with Gasteiger partial charge in [0.2, 0.25) is 5.13 Å². The molecule has 2 aromatic heterocycles. The van der Waals surface area contributed by atoms with Crippen molar-refractivity contribution in [2.24, 2.45) is 7.05 Å². The van der Waals surface area contributed by atoms with Gasteiger partial charge in [-0.05, 0) is 13.0 Å². The van der Waals surface area contributed by atoms with Gasteiger partial charge in [-0.3, -0.25) is 4.79 Å². The van der Waals surface area contributed by atoms with Gasteiger partial charge < -0.3 is 9.80 Å². The number of piperazine rings is 1. The Morgan fingerprint density at radius 3 is 2.45 bits per heavy atom. The number of nitrogens with zero attached hydrogens (tertiary/aromatic N) is 6. The van der Waals surface area contributed by atoms with Crippen LogP contribution in [0, 0.1) is 6.92 Å². The molecule has 3 heterocycles. The quantitative estimate of drug-likeness (QED) is 0.791. The fourth-order valence-corrected chi connectivity index (χ4v) is 2.93. The highest BCUT2D eigenvalue weighted by Crippen LogP contribution is 2.20. The monoisotopic (exact) mass is 292 g/mol. The van der Waals surface area contributed by atoms with E-state index in [1.807, 2.05) is 6.92 Å². The molecule has 0 spiro atoms. The zero-order valence-corrected chi connectivity index (χ0v) is 12.3. The summed E-state index contributed by atoms with van der Waals surface area (Å²) in [5, 5.41) is 5.27. The fraction of sp³-hybridized carbons (Fsp3) is 0.500. The normalized spacial score (nSPS) is 15.7. The van der Waals surface area contributed by atoms with Crippen LogP contribution in [0.15, 0.2) is 16.9 Å². The van der Waals surface area contributed by atoms with E-state index >= 15 is 0 Å². The van der Waals surface area contributed by atoms with Gasteiger partial charge in [0.1, 0.15) is 11.6 Å². The summed E-state index contributed by atoms with van der Waals surface area (Å²) in [6, 6.07) is 3.34. The summed E-state index contributed by atoms with van der Waals surface area (Å²) >= 11 is 1.44. The standard InChI is InChI=1S/C12H16N6OS/c1-9-13-12(20-15-9)18-7-5-17(6-8-18)10-3-4-11(19)16(2)14-10/h3-4H,5-8H2,1-2H3. The third kappa shape index (κ3) is 2.51. The third-order valence-electron chi connectivity index (χ3n) is 3.34. The number of hydrogen-bond acceptors (Lipinski definition) is 7. The van der Waals surface area contributed by atoms with Crippen LogP contribution in [0.2, 0.25) is 0 Å². The molecule has 0 bridgehead atoms. The Morgan fingerprint density at radius 1 is 1.15 bits per heavy atom. The molecule has 0 N–H and O–H groups in total. The lowest BCUT2D eigenvalue weighted by molar-refractivity contribution is 0.622. The van der Waals surface area contributed by atoms with Gasteiger partial charge >= 0.3 is 0 Å². The lowest BCUT2D eigenvalue weighted by atomic mass is 10.3. The smallest absolute Gasteiger partial charge is 0.266 e. The third-order valence-corrected chi connectivity index (χ3v) is 4.21. The van der Waals surface area contributed by atoms with E-state index in [0.29, 0.717) is 0 Å². The Kier molecular flexibility index (Phi) is 3.39. The Balaban J connectivity index is 1.69. The molecule has 1 aliphatic heterocycles. The number of rotatable bonds is 2. The highest BCUT2D eigenvalue weighted by atomic mass is 32.1. The lowest BCUT2D eigenvalue weighted by Crippen LogP contribution is -2.47. The zero-order chi connectivity index (χ0) is 14.1. The van der Waals surface area contributed by atoms with Crippen molar-refractivity contribution in [3.05, 3.63) is 28.3 Å². The van der Waals surface area contributed by atoms with Crippen LogP contribution in [0.5, 0.6) is 0 Å². The average molecular weight is 292 g/mol. The van der Waals surface area contributed by atoms with Crippen LogP contribution in [0.1, 0.15) is 5.82 Å². The van der Waals surface area contributed by atoms with Gasteiger partial charge in [-0.1, -0.05) is 0 Å². The predicted molar refractivity (Wildman–Crippen MR) is 78.6 cm³/mol. The van der Waals surface area contributed by atoms with Crippen LogP contribution in [0.4, 0.5) is 10.9 Å². The van der Waals surface area contributed by atoms with Gasteiger partial charge in [0, 0.05) is 50.8 Å². The second-order valence-corrected chi connectivity index (χ2v) is 5.48. The Morgan fingerprint density at radius 2 is 1.85 bits per heavy atom. The molecule has 1 saturated heterocycles. The van der Waals surface area contributed by atoms with Crippen LogP contribution in [0.3, 0.4) is 0 Å². The minimum absolute atomic E-state index is 0.0864. The maximum atomic E-state index is 11.4. The maximum Gasteiger partial charge on any atom is 0.266 e. The van der Waals surface area contributed by atoms with Gasteiger partial charge in [-0.2, -0.15) is 9.47 Å². The maximum absolute atomic E-state index is 11.4. The molecule has 0 unspecified atom stereocenters. The highest BCUT2D eigenvalue weighted by Gasteiger charge is 2.20. The first-order chi connectivity index (χ1) is 9.63. The molecule has 1 fully saturated rings. The molecular weight excluding hydrogens is 276 g/mol. The van der Waals surface area contributed by atoms with E-state index in [2.05, 4.69) is 24.3 Å². The molecule has 0 saturated carbocycles. The Labute approximate surface area is 120 Å². The molecule has 8 heteroatoms. The number of hydrogen-bond donors (Lipinski definition) is 0. The van der Waals surface area contributed by atoms with E-state index in [4.69, 9.17) is 0 Å². The van der Waals surface area contributed by atoms with Crippen LogP contribution in [-0.2, 0) is 7.05 Å². The summed E-state index contributed by atoms with van der Waals surface area (Å²) in [4.78, 5) is 20.2. The number of anilines is 2. The summed E-state index contributed by atoms with van der Waals surface area (Å²) in [6.07, 6.45) is 0. The molecule has 0 radical (unpaired) electrons. The molecule has 0 amide bonds. The first-order valence-electron chi connectivity index (χ1n) is 6.48. The minimum Gasteiger partial charge on any atom is -0.352 e. The molecule has 0 aliphatic carbocycles. The second kappa shape index (κ2) is 5.20. The summed E-state index contributed by atoms with van der Waals surface area (Å²) in [7, 11) is 1.67. The molecule has 20 heavy (non-hydrogen) atoms. The average Bonchev–Trinajstić information content (AvgIpc) is 2.89. The summed E-state index contributed by atoms with van der Waals surface area (Å²) in [5.41, 5.74) is -0.0864. The molecule has 2 aromatic rings. The molecule has 0 atom stereocenters. The van der Waals surface area contributed by atoms with Crippen molar-refractivity contribution in [2.45, 2.75) is 6.92 Å². The largest absolute Gasteiger partial charge is 0.352 e. The Bertz CT molecular complexity index is 658. The molecule has 7 nitrogen and oxygen atoms in total. The van der Waals surface area contributed by atoms with Crippen molar-refractivity contribution in [3.63, 3.8) is 0 Å². The summed E-state index contributed by atoms with van der Waals surface area (Å²) in [5.74, 6) is 1.67. The van der Waals surface area contributed by atoms with Crippen molar-refractivity contribution >= 4 is 22.5 Å². The van der Waals surface area contributed by atoms with Crippen LogP contribution < -0.4 is 15.4 Å². The number of aromatic nitrogens is 4. The van der Waals surface area contributed by atoms with E-state index in [0.717, 1.165) is 43.0 Å². The van der Waals surface area contributed by atoms with E-state index in [-0.39, 0.29) is 5.56 Å². The van der Waals surface area contributed by atoms with Crippen LogP contribution in [-0.4, -0.2) is 45.3 Å². The van der Waals surface area contributed by atoms with Gasteiger partial charge in [-0.25, -0.2) is 9.67 Å². The van der Waals surface area contributed by atoms with Crippen LogP contribution >= 0.6 is 11.5 Å². The van der Waals surface area contributed by atoms with E-state index < -0.39 is 0 Å². The van der Waals surface area contributed by atoms with Crippen molar-refractivity contribution < 1.29 is 0 Å². The van der Waals surface area contributed by atoms with Gasteiger partial charge in [0.15, 0.2) is 0 Å². The van der Waals surface area contributed by atoms with Crippen molar-refractivity contribution in [1.82, 2.24) is 19.1 Å². The lowest BCUT2D eigenvalue weighted by Gasteiger charge is -2.34. The van der Waals surface area contributed by atoms with Crippen LogP contribution in [0.25, 0.3) is 0 Å². The summed E-state index contributed by atoms with van der Waals surface area (Å²) < 4.78 is 5.59. The molecule has 1 aliphatic rings. The van der Waals surface area contributed by atoms with E-state index in [1.54, 1.807) is 19.2 Å². The molecule has 3 rings (SSSR count).